The molecule has 0 saturated heterocycles. The molecule has 0 amide bonds. The predicted molar refractivity (Wildman–Crippen MR) is 197 cm³/mol. The summed E-state index contributed by atoms with van der Waals surface area (Å²) in [7, 11) is -1.23. The molecule has 3 aromatic heterocycles. The maximum absolute atomic E-state index is 8.37. The molecule has 46 heavy (non-hydrogen) atoms. The van der Waals surface area contributed by atoms with Crippen LogP contribution in [0.2, 0.25) is 19.6 Å². The van der Waals surface area contributed by atoms with Gasteiger partial charge in [0.25, 0.3) is 0 Å². The number of aromatic nitrogens is 2. The fourth-order valence-electron chi connectivity index (χ4n) is 5.29. The number of benzene rings is 4. The number of thiophene rings is 1. The van der Waals surface area contributed by atoms with Crippen molar-refractivity contribution in [2.75, 3.05) is 0 Å². The normalized spacial score (nSPS) is 11.8. The minimum atomic E-state index is -1.23. The van der Waals surface area contributed by atoms with E-state index in [1.54, 1.807) is 17.5 Å². The van der Waals surface area contributed by atoms with Gasteiger partial charge < -0.3 is 9.97 Å². The standard InChI is InChI=1S/C27H22NS.C14H16NSi.Ir/c1-17(2)20-13-14-28-25(15-20)24-6-4-5-23-22-12-11-21(16-26(22)29-27(23)24)19-9-7-18(3)8-10-19;1-16(2,3)13-9-10-14(15-11-13)12-7-5-4-6-8-12;/h4-5,7-17H,1-3H3;4-7,9-11H,1-3H3;/q2*-1;/i17D;;. The monoisotopic (exact) mass is 812 g/mol. The molecular formula is C41H38IrN2SSi-2. The van der Waals surface area contributed by atoms with Crippen LogP contribution in [0.5, 0.6) is 0 Å². The van der Waals surface area contributed by atoms with Gasteiger partial charge in [-0.2, -0.15) is 11.3 Å². The quantitative estimate of drug-likeness (QED) is 0.128. The Bertz CT molecular complexity index is 2110. The maximum atomic E-state index is 8.37. The van der Waals surface area contributed by atoms with Crippen LogP contribution in [0, 0.1) is 19.1 Å². The van der Waals surface area contributed by atoms with Crippen molar-refractivity contribution in [2.45, 2.75) is 46.3 Å². The average Bonchev–Trinajstić information content (AvgIpc) is 3.43. The largest absolute Gasteiger partial charge is 0.305 e. The predicted octanol–water partition coefficient (Wildman–Crippen LogP) is 11.1. The van der Waals surface area contributed by atoms with E-state index in [0.717, 1.165) is 28.1 Å². The van der Waals surface area contributed by atoms with Gasteiger partial charge in [-0.05, 0) is 62.7 Å². The van der Waals surface area contributed by atoms with Crippen LogP contribution in [0.25, 0.3) is 53.8 Å². The second-order valence-electron chi connectivity index (χ2n) is 12.7. The van der Waals surface area contributed by atoms with Gasteiger partial charge in [0.05, 0.1) is 8.07 Å². The Morgan fingerprint density at radius 1 is 0.761 bits per heavy atom. The zero-order valence-electron chi connectivity index (χ0n) is 28.1. The molecule has 7 aromatic rings. The molecule has 2 nitrogen and oxygen atoms in total. The van der Waals surface area contributed by atoms with E-state index >= 15 is 0 Å². The van der Waals surface area contributed by atoms with Gasteiger partial charge in [0.15, 0.2) is 0 Å². The Kier molecular flexibility index (Phi) is 10.1. The summed E-state index contributed by atoms with van der Waals surface area (Å²) in [5.41, 5.74) is 8.65. The Balaban J connectivity index is 0.000000217. The topological polar surface area (TPSA) is 25.8 Å². The van der Waals surface area contributed by atoms with Crippen molar-refractivity contribution in [1.82, 2.24) is 9.97 Å². The molecule has 0 saturated carbocycles. The van der Waals surface area contributed by atoms with Crippen LogP contribution in [0.15, 0.2) is 116 Å². The molecule has 0 bridgehead atoms. The number of rotatable bonds is 5. The minimum Gasteiger partial charge on any atom is -0.305 e. The number of hydrogen-bond donors (Lipinski definition) is 0. The third kappa shape index (κ3) is 7.45. The third-order valence-corrected chi connectivity index (χ3v) is 11.2. The average molecular weight is 812 g/mol. The Labute approximate surface area is 293 Å². The minimum absolute atomic E-state index is 0. The molecule has 0 aliphatic heterocycles. The maximum Gasteiger partial charge on any atom is 0.0795 e. The van der Waals surface area contributed by atoms with Gasteiger partial charge in [-0.3, -0.25) is 0 Å². The fourth-order valence-corrected chi connectivity index (χ4v) is 7.57. The summed E-state index contributed by atoms with van der Waals surface area (Å²) in [6.07, 6.45) is 3.82. The van der Waals surface area contributed by atoms with E-state index < -0.39 is 14.0 Å². The molecule has 0 atom stereocenters. The van der Waals surface area contributed by atoms with E-state index in [0.29, 0.717) is 0 Å². The summed E-state index contributed by atoms with van der Waals surface area (Å²) in [6.45, 7) is 12.9. The van der Waals surface area contributed by atoms with Crippen molar-refractivity contribution >= 4 is 44.8 Å². The van der Waals surface area contributed by atoms with Crippen molar-refractivity contribution in [3.63, 3.8) is 0 Å². The van der Waals surface area contributed by atoms with Crippen LogP contribution in [0.1, 0.15) is 32.2 Å². The van der Waals surface area contributed by atoms with Crippen LogP contribution in [0.3, 0.4) is 0 Å². The molecule has 3 heterocycles. The summed E-state index contributed by atoms with van der Waals surface area (Å²) in [5, 5.41) is 3.89. The SMILES string of the molecule is C[Si](C)(C)c1ccc(-c2[c-]cccc2)nc1.[2H]C(C)(C)c1ccnc(-c2[c-]ccc3c2sc2cc(-c4ccc(C)cc4)ccc23)c1.[Ir]. The molecule has 7 rings (SSSR count). The summed E-state index contributed by atoms with van der Waals surface area (Å²) >= 11 is 1.79. The van der Waals surface area contributed by atoms with E-state index in [-0.39, 0.29) is 20.1 Å². The van der Waals surface area contributed by atoms with Gasteiger partial charge >= 0.3 is 0 Å². The van der Waals surface area contributed by atoms with Gasteiger partial charge in [-0.1, -0.05) is 105 Å². The zero-order valence-corrected chi connectivity index (χ0v) is 31.3. The van der Waals surface area contributed by atoms with Crippen LogP contribution in [0.4, 0.5) is 0 Å². The van der Waals surface area contributed by atoms with E-state index in [9.17, 15) is 0 Å². The van der Waals surface area contributed by atoms with Crippen molar-refractivity contribution in [1.29, 1.82) is 0 Å². The molecule has 1 radical (unpaired) electrons. The van der Waals surface area contributed by atoms with Crippen molar-refractivity contribution in [3.05, 3.63) is 139 Å². The van der Waals surface area contributed by atoms with E-state index in [4.69, 9.17) is 1.37 Å². The first-order chi connectivity index (χ1) is 22.0. The molecule has 0 aliphatic carbocycles. The van der Waals surface area contributed by atoms with Crippen molar-refractivity contribution < 1.29 is 21.5 Å². The van der Waals surface area contributed by atoms with Crippen LogP contribution >= 0.6 is 11.3 Å². The molecule has 0 spiro atoms. The van der Waals surface area contributed by atoms with Crippen LogP contribution < -0.4 is 5.19 Å². The molecule has 0 N–H and O–H groups in total. The van der Waals surface area contributed by atoms with Crippen molar-refractivity contribution in [2.24, 2.45) is 0 Å². The van der Waals surface area contributed by atoms with E-state index in [1.807, 2.05) is 62.5 Å². The molecular weight excluding hydrogens is 773 g/mol. The smallest absolute Gasteiger partial charge is 0.0795 e. The first-order valence-corrected chi connectivity index (χ1v) is 19.6. The van der Waals surface area contributed by atoms with Gasteiger partial charge in [-0.25, -0.2) is 0 Å². The van der Waals surface area contributed by atoms with E-state index in [1.165, 1.54) is 42.0 Å². The Hall–Kier alpha value is -3.73. The number of nitrogens with zero attached hydrogens (tertiary/aromatic N) is 2. The first-order valence-electron chi connectivity index (χ1n) is 15.8. The number of aryl methyl sites for hydroxylation is 1. The van der Waals surface area contributed by atoms with Crippen LogP contribution in [-0.2, 0) is 20.1 Å². The molecule has 233 valence electrons. The van der Waals surface area contributed by atoms with Gasteiger partial charge in [-0.15, -0.1) is 59.7 Å². The Morgan fingerprint density at radius 3 is 2.22 bits per heavy atom. The van der Waals surface area contributed by atoms with E-state index in [2.05, 4.69) is 109 Å². The first kappa shape index (κ1) is 32.2. The molecule has 5 heteroatoms. The van der Waals surface area contributed by atoms with Crippen molar-refractivity contribution in [3.8, 4) is 33.6 Å². The Morgan fingerprint density at radius 2 is 1.54 bits per heavy atom. The summed E-state index contributed by atoms with van der Waals surface area (Å²) in [4.78, 5) is 9.13. The van der Waals surface area contributed by atoms with Gasteiger partial charge in [0.2, 0.25) is 0 Å². The number of fused-ring (bicyclic) bond motifs is 3. The molecule has 0 aliphatic rings. The summed E-state index contributed by atoms with van der Waals surface area (Å²) in [6, 6.07) is 42.3. The number of hydrogen-bond acceptors (Lipinski definition) is 3. The zero-order chi connectivity index (χ0) is 32.5. The summed E-state index contributed by atoms with van der Waals surface area (Å²) < 4.78 is 10.8. The molecule has 0 fully saturated rings. The van der Waals surface area contributed by atoms with Gasteiger partial charge in [0.1, 0.15) is 0 Å². The fraction of sp³-hybridized carbons (Fsp3) is 0.171. The number of pyridine rings is 2. The summed E-state index contributed by atoms with van der Waals surface area (Å²) in [5.74, 6) is -0.658. The molecule has 0 unspecified atom stereocenters. The third-order valence-electron chi connectivity index (χ3n) is 8.03. The molecule has 4 aromatic carbocycles. The second-order valence-corrected chi connectivity index (χ2v) is 18.8. The second kappa shape index (κ2) is 14.4. The van der Waals surface area contributed by atoms with Gasteiger partial charge in [0, 0.05) is 38.6 Å². The van der Waals surface area contributed by atoms with Crippen LogP contribution in [-0.4, -0.2) is 18.0 Å².